The molecule has 0 aliphatic rings. The molecule has 0 saturated carbocycles. The van der Waals surface area contributed by atoms with E-state index in [1.54, 1.807) is 48.5 Å². The Morgan fingerprint density at radius 3 is 2.54 bits per heavy atom. The minimum Gasteiger partial charge on any atom is -0.490 e. The van der Waals surface area contributed by atoms with Crippen LogP contribution in [0.15, 0.2) is 75.2 Å². The number of hydrogen-bond donors (Lipinski definition) is 1. The average molecular weight is 601 g/mol. The van der Waals surface area contributed by atoms with Gasteiger partial charge >= 0.3 is 0 Å². The molecule has 35 heavy (non-hydrogen) atoms. The van der Waals surface area contributed by atoms with Crippen LogP contribution in [0, 0.1) is 21.4 Å². The molecule has 0 saturated heterocycles. The molecule has 1 N–H and O–H groups in total. The summed E-state index contributed by atoms with van der Waals surface area (Å²) in [6, 6.07) is 18.4. The van der Waals surface area contributed by atoms with Crippen LogP contribution in [-0.2, 0) is 11.4 Å². The third-order valence-electron chi connectivity index (χ3n) is 4.61. The number of nitrogens with one attached hydrogen (secondary N) is 1. The summed E-state index contributed by atoms with van der Waals surface area (Å²) >= 11 is 6.79. The number of ether oxygens (including phenoxy) is 2. The van der Waals surface area contributed by atoms with Gasteiger partial charge in [0.15, 0.2) is 11.5 Å². The van der Waals surface area contributed by atoms with Gasteiger partial charge in [-0.25, -0.2) is 0 Å². The number of nitriles is 1. The van der Waals surface area contributed by atoms with Gasteiger partial charge in [-0.3, -0.25) is 14.9 Å². The van der Waals surface area contributed by atoms with E-state index in [0.717, 1.165) is 4.47 Å². The Labute approximate surface area is 218 Å². The number of nitro benzene ring substituents is 1. The van der Waals surface area contributed by atoms with E-state index in [1.807, 2.05) is 13.0 Å². The van der Waals surface area contributed by atoms with Gasteiger partial charge in [0.25, 0.3) is 11.6 Å². The Morgan fingerprint density at radius 1 is 1.14 bits per heavy atom. The van der Waals surface area contributed by atoms with Gasteiger partial charge in [-0.15, -0.1) is 0 Å². The van der Waals surface area contributed by atoms with Crippen molar-refractivity contribution in [3.05, 3.63) is 96.4 Å². The van der Waals surface area contributed by atoms with Gasteiger partial charge in [-0.05, 0) is 76.5 Å². The van der Waals surface area contributed by atoms with Crippen molar-refractivity contribution in [2.45, 2.75) is 13.5 Å². The molecule has 3 aromatic rings. The first-order valence-corrected chi connectivity index (χ1v) is 11.9. The largest absolute Gasteiger partial charge is 0.490 e. The Hall–Kier alpha value is -3.68. The van der Waals surface area contributed by atoms with Crippen LogP contribution in [0.2, 0.25) is 0 Å². The summed E-state index contributed by atoms with van der Waals surface area (Å²) in [5.74, 6) is 0.243. The fourth-order valence-corrected chi connectivity index (χ4v) is 3.88. The zero-order valence-electron chi connectivity index (χ0n) is 18.5. The number of nitro groups is 1. The molecule has 0 bridgehead atoms. The SMILES string of the molecule is CCOc1cc(/C=C(\C#N)C(=O)Nc2ccc(Br)cc2)cc(Br)c1OCc1cccc([N+](=O)[O-])c1. The summed E-state index contributed by atoms with van der Waals surface area (Å²) in [4.78, 5) is 23.1. The molecular formula is C25H19Br2N3O5. The molecule has 10 heteroatoms. The molecule has 1 amide bonds. The van der Waals surface area contributed by atoms with Crippen LogP contribution in [0.3, 0.4) is 0 Å². The van der Waals surface area contributed by atoms with Gasteiger partial charge in [-0.1, -0.05) is 28.1 Å². The summed E-state index contributed by atoms with van der Waals surface area (Å²) < 4.78 is 13.0. The molecule has 0 spiro atoms. The van der Waals surface area contributed by atoms with Crippen LogP contribution >= 0.6 is 31.9 Å². The molecule has 3 rings (SSSR count). The van der Waals surface area contributed by atoms with E-state index in [4.69, 9.17) is 9.47 Å². The molecule has 178 valence electrons. The summed E-state index contributed by atoms with van der Waals surface area (Å²) in [5, 5.41) is 23.3. The Bertz CT molecular complexity index is 1320. The highest BCUT2D eigenvalue weighted by Crippen LogP contribution is 2.38. The lowest BCUT2D eigenvalue weighted by molar-refractivity contribution is -0.384. The Morgan fingerprint density at radius 2 is 1.89 bits per heavy atom. The number of carbonyl (C=O) groups excluding carboxylic acids is 1. The molecule has 0 atom stereocenters. The van der Waals surface area contributed by atoms with Crippen LogP contribution < -0.4 is 14.8 Å². The maximum absolute atomic E-state index is 12.6. The van der Waals surface area contributed by atoms with Gasteiger partial charge in [0.2, 0.25) is 0 Å². The zero-order valence-corrected chi connectivity index (χ0v) is 21.6. The molecule has 0 fully saturated rings. The van der Waals surface area contributed by atoms with E-state index in [0.29, 0.717) is 39.4 Å². The van der Waals surface area contributed by atoms with Gasteiger partial charge in [0, 0.05) is 22.3 Å². The molecule has 8 nitrogen and oxygen atoms in total. The molecule has 0 aliphatic carbocycles. The number of hydrogen-bond acceptors (Lipinski definition) is 6. The highest BCUT2D eigenvalue weighted by atomic mass is 79.9. The Balaban J connectivity index is 1.84. The molecule has 3 aromatic carbocycles. The van der Waals surface area contributed by atoms with Crippen LogP contribution in [0.25, 0.3) is 6.08 Å². The van der Waals surface area contributed by atoms with E-state index in [-0.39, 0.29) is 17.9 Å². The van der Waals surface area contributed by atoms with Crippen LogP contribution in [0.1, 0.15) is 18.1 Å². The Kier molecular flexibility index (Phi) is 9.00. The number of anilines is 1. The van der Waals surface area contributed by atoms with Gasteiger partial charge in [-0.2, -0.15) is 5.26 Å². The maximum atomic E-state index is 12.6. The third kappa shape index (κ3) is 7.15. The molecule has 0 unspecified atom stereocenters. The lowest BCUT2D eigenvalue weighted by Gasteiger charge is -2.15. The van der Waals surface area contributed by atoms with E-state index in [9.17, 15) is 20.2 Å². The van der Waals surface area contributed by atoms with Crippen molar-refractivity contribution in [2.75, 3.05) is 11.9 Å². The predicted molar refractivity (Wildman–Crippen MR) is 139 cm³/mol. The smallest absolute Gasteiger partial charge is 0.269 e. The van der Waals surface area contributed by atoms with Crippen molar-refractivity contribution < 1.29 is 19.2 Å². The first-order valence-electron chi connectivity index (χ1n) is 10.3. The number of non-ortho nitro benzene ring substituents is 1. The summed E-state index contributed by atoms with van der Waals surface area (Å²) in [6.07, 6.45) is 1.45. The van der Waals surface area contributed by atoms with Crippen LogP contribution in [0.4, 0.5) is 11.4 Å². The highest BCUT2D eigenvalue weighted by Gasteiger charge is 2.15. The average Bonchev–Trinajstić information content (AvgIpc) is 2.83. The number of carbonyl (C=O) groups is 1. The van der Waals surface area contributed by atoms with Crippen molar-refractivity contribution in [3.8, 4) is 17.6 Å². The van der Waals surface area contributed by atoms with E-state index >= 15 is 0 Å². The normalized spacial score (nSPS) is 10.9. The van der Waals surface area contributed by atoms with Crippen molar-refractivity contribution in [3.63, 3.8) is 0 Å². The van der Waals surface area contributed by atoms with Crippen molar-refractivity contribution in [2.24, 2.45) is 0 Å². The van der Waals surface area contributed by atoms with E-state index < -0.39 is 10.8 Å². The van der Waals surface area contributed by atoms with Gasteiger partial charge in [0.1, 0.15) is 18.2 Å². The summed E-state index contributed by atoms with van der Waals surface area (Å²) in [7, 11) is 0. The number of rotatable bonds is 9. The topological polar surface area (TPSA) is 114 Å². The fourth-order valence-electron chi connectivity index (χ4n) is 3.04. The monoisotopic (exact) mass is 599 g/mol. The second kappa shape index (κ2) is 12.1. The third-order valence-corrected chi connectivity index (χ3v) is 5.73. The summed E-state index contributed by atoms with van der Waals surface area (Å²) in [6.45, 7) is 2.24. The van der Waals surface area contributed by atoms with Crippen molar-refractivity contribution in [1.82, 2.24) is 0 Å². The quantitative estimate of drug-likeness (QED) is 0.127. The number of benzene rings is 3. The van der Waals surface area contributed by atoms with Gasteiger partial charge in [0.05, 0.1) is 16.0 Å². The first kappa shape index (κ1) is 25.9. The van der Waals surface area contributed by atoms with Crippen molar-refractivity contribution >= 4 is 55.2 Å². The fraction of sp³-hybridized carbons (Fsp3) is 0.120. The number of amides is 1. The molecular weight excluding hydrogens is 582 g/mol. The standard InChI is InChI=1S/C25H19Br2N3O5/c1-2-34-23-13-17(10-18(14-28)25(31)29-20-8-6-19(26)7-9-20)12-22(27)24(23)35-15-16-4-3-5-21(11-16)30(32)33/h3-13H,2,15H2,1H3,(H,29,31)/b18-10+. The lowest BCUT2D eigenvalue weighted by Crippen LogP contribution is -2.13. The van der Waals surface area contributed by atoms with Crippen LogP contribution in [0.5, 0.6) is 11.5 Å². The predicted octanol–water partition coefficient (Wildman–Crippen LogP) is 6.64. The van der Waals surface area contributed by atoms with Crippen LogP contribution in [-0.4, -0.2) is 17.4 Å². The molecule has 0 radical (unpaired) electrons. The molecule has 0 heterocycles. The lowest BCUT2D eigenvalue weighted by atomic mass is 10.1. The highest BCUT2D eigenvalue weighted by molar-refractivity contribution is 9.10. The maximum Gasteiger partial charge on any atom is 0.269 e. The minimum absolute atomic E-state index is 0.0267. The van der Waals surface area contributed by atoms with E-state index in [1.165, 1.54) is 18.2 Å². The number of nitrogens with zero attached hydrogens (tertiary/aromatic N) is 2. The molecule has 0 aliphatic heterocycles. The minimum atomic E-state index is -0.546. The number of halogens is 2. The second-order valence-electron chi connectivity index (χ2n) is 7.11. The zero-order chi connectivity index (χ0) is 25.4. The summed E-state index contributed by atoms with van der Waals surface area (Å²) in [5.41, 5.74) is 1.61. The van der Waals surface area contributed by atoms with E-state index in [2.05, 4.69) is 37.2 Å². The van der Waals surface area contributed by atoms with Gasteiger partial charge < -0.3 is 14.8 Å². The molecule has 0 aromatic heterocycles. The first-order chi connectivity index (χ1) is 16.8. The second-order valence-corrected chi connectivity index (χ2v) is 8.88. The van der Waals surface area contributed by atoms with Crippen molar-refractivity contribution in [1.29, 1.82) is 5.26 Å².